The van der Waals surface area contributed by atoms with Crippen LogP contribution in [0.1, 0.15) is 43.7 Å². The molecular formula is C19H24O4S. The van der Waals surface area contributed by atoms with E-state index in [-0.39, 0.29) is 24.2 Å². The highest BCUT2D eigenvalue weighted by atomic mass is 32.1. The predicted molar refractivity (Wildman–Crippen MR) is 97.9 cm³/mol. The van der Waals surface area contributed by atoms with Gasteiger partial charge in [0.1, 0.15) is 11.9 Å². The monoisotopic (exact) mass is 348 g/mol. The van der Waals surface area contributed by atoms with Crippen LogP contribution >= 0.6 is 12.6 Å². The van der Waals surface area contributed by atoms with Gasteiger partial charge < -0.3 is 14.9 Å². The largest absolute Gasteiger partial charge is 0.508 e. The zero-order valence-corrected chi connectivity index (χ0v) is 14.9. The van der Waals surface area contributed by atoms with Crippen LogP contribution in [0.4, 0.5) is 0 Å². The van der Waals surface area contributed by atoms with E-state index in [4.69, 9.17) is 4.74 Å². The molecule has 2 rings (SSSR count). The third-order valence-corrected chi connectivity index (χ3v) is 4.83. The number of ether oxygens (including phenoxy) is 1. The van der Waals surface area contributed by atoms with Crippen LogP contribution in [0.25, 0.3) is 6.08 Å². The Morgan fingerprint density at radius 2 is 2.21 bits per heavy atom. The minimum Gasteiger partial charge on any atom is -0.508 e. The van der Waals surface area contributed by atoms with Crippen LogP contribution in [0.15, 0.2) is 34.8 Å². The molecule has 2 atom stereocenters. The molecule has 2 unspecified atom stereocenters. The number of hydrogen-bond donors (Lipinski definition) is 3. The molecule has 0 saturated carbocycles. The van der Waals surface area contributed by atoms with E-state index in [0.717, 1.165) is 21.6 Å². The summed E-state index contributed by atoms with van der Waals surface area (Å²) in [5.74, 6) is -0.0537. The Balaban J connectivity index is 1.96. The van der Waals surface area contributed by atoms with Gasteiger partial charge in [0, 0.05) is 6.42 Å². The SMILES string of the molecule is CC(/C=C\c1cccc(O)c1C)=C(/S)CCC1CC(O)CC(=O)O1. The van der Waals surface area contributed by atoms with E-state index >= 15 is 0 Å². The van der Waals surface area contributed by atoms with Gasteiger partial charge in [0.05, 0.1) is 12.5 Å². The molecule has 0 bridgehead atoms. The molecule has 1 aliphatic rings. The zero-order valence-electron chi connectivity index (χ0n) is 14.0. The van der Waals surface area contributed by atoms with Crippen molar-refractivity contribution in [3.05, 3.63) is 45.9 Å². The molecule has 0 aromatic heterocycles. The Bertz CT molecular complexity index is 663. The van der Waals surface area contributed by atoms with Crippen molar-refractivity contribution in [2.45, 2.75) is 51.7 Å². The molecule has 0 spiro atoms. The Hall–Kier alpha value is -1.72. The van der Waals surface area contributed by atoms with Crippen LogP contribution in [0.3, 0.4) is 0 Å². The lowest BCUT2D eigenvalue weighted by Gasteiger charge is -2.26. The van der Waals surface area contributed by atoms with Crippen molar-refractivity contribution in [1.29, 1.82) is 0 Å². The number of rotatable bonds is 5. The highest BCUT2D eigenvalue weighted by molar-refractivity contribution is 7.84. The lowest BCUT2D eigenvalue weighted by Crippen LogP contribution is -2.32. The molecule has 2 N–H and O–H groups in total. The van der Waals surface area contributed by atoms with E-state index in [1.165, 1.54) is 0 Å². The first-order valence-corrected chi connectivity index (χ1v) is 8.54. The fraction of sp³-hybridized carbons (Fsp3) is 0.421. The van der Waals surface area contributed by atoms with Crippen LogP contribution in [-0.4, -0.2) is 28.4 Å². The van der Waals surface area contributed by atoms with Crippen LogP contribution in [-0.2, 0) is 9.53 Å². The maximum Gasteiger partial charge on any atom is 0.308 e. The number of cyclic esters (lactones) is 1. The third kappa shape index (κ3) is 5.14. The third-order valence-electron chi connectivity index (χ3n) is 4.25. The highest BCUT2D eigenvalue weighted by Crippen LogP contribution is 2.25. The smallest absolute Gasteiger partial charge is 0.308 e. The quantitative estimate of drug-likeness (QED) is 0.430. The second kappa shape index (κ2) is 8.40. The Kier molecular flexibility index (Phi) is 6.52. The van der Waals surface area contributed by atoms with Gasteiger partial charge in [-0.2, -0.15) is 0 Å². The van der Waals surface area contributed by atoms with Gasteiger partial charge in [-0.3, -0.25) is 4.79 Å². The van der Waals surface area contributed by atoms with Crippen molar-refractivity contribution in [3.8, 4) is 5.75 Å². The summed E-state index contributed by atoms with van der Waals surface area (Å²) < 4.78 is 5.24. The number of hydrogen-bond acceptors (Lipinski definition) is 5. The zero-order chi connectivity index (χ0) is 17.7. The Morgan fingerprint density at radius 3 is 2.92 bits per heavy atom. The fourth-order valence-corrected chi connectivity index (χ4v) is 2.87. The number of aliphatic hydroxyl groups is 1. The average molecular weight is 348 g/mol. The van der Waals surface area contributed by atoms with Gasteiger partial charge in [0.2, 0.25) is 0 Å². The lowest BCUT2D eigenvalue weighted by atomic mass is 10.0. The summed E-state index contributed by atoms with van der Waals surface area (Å²) in [6, 6.07) is 5.42. The molecule has 5 heteroatoms. The van der Waals surface area contributed by atoms with Gasteiger partial charge in [-0.25, -0.2) is 0 Å². The molecule has 1 aromatic rings. The maximum absolute atomic E-state index is 11.3. The molecule has 0 aliphatic carbocycles. The Labute approximate surface area is 148 Å². The summed E-state index contributed by atoms with van der Waals surface area (Å²) in [6.45, 7) is 3.84. The number of aliphatic hydroxyl groups excluding tert-OH is 1. The summed E-state index contributed by atoms with van der Waals surface area (Å²) in [7, 11) is 0. The van der Waals surface area contributed by atoms with Crippen molar-refractivity contribution in [3.63, 3.8) is 0 Å². The molecule has 0 amide bonds. The predicted octanol–water partition coefficient (Wildman–Crippen LogP) is 3.76. The van der Waals surface area contributed by atoms with E-state index in [1.807, 2.05) is 38.1 Å². The number of thiol groups is 1. The van der Waals surface area contributed by atoms with E-state index < -0.39 is 6.10 Å². The number of carbonyl (C=O) groups is 1. The molecule has 1 heterocycles. The van der Waals surface area contributed by atoms with Gasteiger partial charge >= 0.3 is 5.97 Å². The molecule has 1 aromatic carbocycles. The van der Waals surface area contributed by atoms with E-state index in [0.29, 0.717) is 19.3 Å². The average Bonchev–Trinajstić information content (AvgIpc) is 2.52. The number of esters is 1. The summed E-state index contributed by atoms with van der Waals surface area (Å²) >= 11 is 4.54. The number of allylic oxidation sites excluding steroid dienone is 3. The first kappa shape index (κ1) is 18.6. The summed E-state index contributed by atoms with van der Waals surface area (Å²) in [6.07, 6.45) is 4.99. The van der Waals surface area contributed by atoms with Gasteiger partial charge in [-0.1, -0.05) is 24.3 Å². The van der Waals surface area contributed by atoms with Gasteiger partial charge in [0.25, 0.3) is 0 Å². The number of phenolic OH excluding ortho intramolecular Hbond substituents is 1. The van der Waals surface area contributed by atoms with Crippen LogP contribution in [0.5, 0.6) is 5.75 Å². The van der Waals surface area contributed by atoms with Crippen molar-refractivity contribution < 1.29 is 19.7 Å². The van der Waals surface area contributed by atoms with E-state index in [2.05, 4.69) is 12.6 Å². The van der Waals surface area contributed by atoms with Crippen molar-refractivity contribution in [2.24, 2.45) is 0 Å². The summed E-state index contributed by atoms with van der Waals surface area (Å²) in [5.41, 5.74) is 2.81. The molecule has 0 radical (unpaired) electrons. The number of benzene rings is 1. The second-order valence-electron chi connectivity index (χ2n) is 6.20. The first-order valence-electron chi connectivity index (χ1n) is 8.09. The summed E-state index contributed by atoms with van der Waals surface area (Å²) in [4.78, 5) is 12.3. The summed E-state index contributed by atoms with van der Waals surface area (Å²) in [5, 5.41) is 19.3. The van der Waals surface area contributed by atoms with Crippen LogP contribution < -0.4 is 0 Å². The molecule has 1 saturated heterocycles. The standard InChI is InChI=1S/C19H24O4S/c1-12(6-7-14-4-3-5-17(21)13(14)2)18(24)9-8-16-10-15(20)11-19(22)23-16/h3-7,15-16,20-21,24H,8-11H2,1-2H3/b7-6-,18-12-. The first-order chi connectivity index (χ1) is 11.4. The van der Waals surface area contributed by atoms with Crippen LogP contribution in [0.2, 0.25) is 0 Å². The number of phenols is 1. The second-order valence-corrected chi connectivity index (χ2v) is 6.74. The molecule has 4 nitrogen and oxygen atoms in total. The molecular weight excluding hydrogens is 324 g/mol. The molecule has 1 aliphatic heterocycles. The maximum atomic E-state index is 11.3. The molecule has 24 heavy (non-hydrogen) atoms. The minimum absolute atomic E-state index is 0.0884. The fourth-order valence-electron chi connectivity index (χ4n) is 2.67. The van der Waals surface area contributed by atoms with Gasteiger partial charge in [-0.05, 0) is 54.4 Å². The molecule has 1 fully saturated rings. The Morgan fingerprint density at radius 1 is 1.46 bits per heavy atom. The van der Waals surface area contributed by atoms with Crippen LogP contribution in [0, 0.1) is 6.92 Å². The normalized spacial score (nSPS) is 22.4. The van der Waals surface area contributed by atoms with Crippen molar-refractivity contribution in [2.75, 3.05) is 0 Å². The molecule has 130 valence electrons. The highest BCUT2D eigenvalue weighted by Gasteiger charge is 2.26. The number of carbonyl (C=O) groups excluding carboxylic acids is 1. The number of aromatic hydroxyl groups is 1. The van der Waals surface area contributed by atoms with E-state index in [9.17, 15) is 15.0 Å². The minimum atomic E-state index is -0.599. The van der Waals surface area contributed by atoms with Gasteiger partial charge in [0.15, 0.2) is 0 Å². The lowest BCUT2D eigenvalue weighted by molar-refractivity contribution is -0.160. The van der Waals surface area contributed by atoms with Gasteiger partial charge in [-0.15, -0.1) is 12.6 Å². The van der Waals surface area contributed by atoms with Crippen molar-refractivity contribution >= 4 is 24.7 Å². The van der Waals surface area contributed by atoms with E-state index in [1.54, 1.807) is 6.07 Å². The topological polar surface area (TPSA) is 66.8 Å². The van der Waals surface area contributed by atoms with Crippen molar-refractivity contribution in [1.82, 2.24) is 0 Å².